The van der Waals surface area contributed by atoms with Gasteiger partial charge in [0, 0.05) is 11.6 Å². The number of alkyl halides is 3. The largest absolute Gasteiger partial charge is 0.433 e. The number of thiophene rings is 1. The highest BCUT2D eigenvalue weighted by molar-refractivity contribution is 7.13. The van der Waals surface area contributed by atoms with Gasteiger partial charge < -0.3 is 0 Å². The van der Waals surface area contributed by atoms with E-state index in [0.29, 0.717) is 11.3 Å². The number of hydrogen-bond donors (Lipinski definition) is 0. The molecular formula is C17H9F4N3S. The van der Waals surface area contributed by atoms with Crippen molar-refractivity contribution in [1.29, 1.82) is 0 Å². The van der Waals surface area contributed by atoms with E-state index in [9.17, 15) is 17.6 Å². The maximum absolute atomic E-state index is 13.5. The van der Waals surface area contributed by atoms with Crippen molar-refractivity contribution in [2.45, 2.75) is 6.18 Å². The average molecular weight is 363 g/mol. The minimum absolute atomic E-state index is 0.0811. The predicted molar refractivity (Wildman–Crippen MR) is 86.7 cm³/mol. The maximum atomic E-state index is 13.5. The molecule has 0 saturated carbocycles. The minimum Gasteiger partial charge on any atom is -0.228 e. The number of aromatic nitrogens is 3. The molecule has 4 rings (SSSR count). The van der Waals surface area contributed by atoms with Gasteiger partial charge in [-0.25, -0.2) is 13.9 Å². The summed E-state index contributed by atoms with van der Waals surface area (Å²) in [7, 11) is 0. The molecule has 0 unspecified atom stereocenters. The van der Waals surface area contributed by atoms with E-state index < -0.39 is 17.7 Å². The van der Waals surface area contributed by atoms with E-state index in [4.69, 9.17) is 0 Å². The molecule has 0 aliphatic rings. The number of fused-ring (bicyclic) bond motifs is 1. The lowest BCUT2D eigenvalue weighted by Gasteiger charge is -2.11. The highest BCUT2D eigenvalue weighted by atomic mass is 32.1. The second-order valence-corrected chi connectivity index (χ2v) is 6.26. The van der Waals surface area contributed by atoms with Crippen LogP contribution in [0.2, 0.25) is 0 Å². The first kappa shape index (κ1) is 15.8. The Hall–Kier alpha value is -2.74. The molecule has 0 atom stereocenters. The number of hydrogen-bond acceptors (Lipinski definition) is 3. The Morgan fingerprint density at radius 3 is 2.36 bits per heavy atom. The normalized spacial score (nSPS) is 12.0. The van der Waals surface area contributed by atoms with Gasteiger partial charge in [-0.1, -0.05) is 6.07 Å². The molecule has 1 aromatic carbocycles. The van der Waals surface area contributed by atoms with Crippen LogP contribution in [-0.4, -0.2) is 14.6 Å². The van der Waals surface area contributed by atoms with Gasteiger partial charge >= 0.3 is 6.18 Å². The van der Waals surface area contributed by atoms with Crippen LogP contribution in [0.5, 0.6) is 0 Å². The van der Waals surface area contributed by atoms with Gasteiger partial charge in [0.05, 0.1) is 10.6 Å². The molecule has 3 heterocycles. The van der Waals surface area contributed by atoms with Crippen molar-refractivity contribution in [3.05, 3.63) is 65.4 Å². The standard InChI is InChI=1S/C17H9F4N3S/c18-11-5-3-10(4-6-11)12-8-15(17(19,20)21)24-16(22-12)9-13(23-24)14-2-1-7-25-14/h1-9H. The van der Waals surface area contributed by atoms with Crippen LogP contribution in [0.25, 0.3) is 27.5 Å². The fourth-order valence-corrected chi connectivity index (χ4v) is 3.17. The summed E-state index contributed by atoms with van der Waals surface area (Å²) >= 11 is 1.38. The van der Waals surface area contributed by atoms with Gasteiger partial charge in [-0.05, 0) is 41.8 Å². The highest BCUT2D eigenvalue weighted by Gasteiger charge is 2.35. The molecule has 3 nitrogen and oxygen atoms in total. The Balaban J connectivity index is 1.95. The number of rotatable bonds is 2. The Labute approximate surface area is 143 Å². The van der Waals surface area contributed by atoms with E-state index in [-0.39, 0.29) is 11.3 Å². The van der Waals surface area contributed by atoms with Crippen LogP contribution >= 0.6 is 11.3 Å². The van der Waals surface area contributed by atoms with E-state index in [1.165, 1.54) is 41.7 Å². The van der Waals surface area contributed by atoms with E-state index in [0.717, 1.165) is 15.5 Å². The third kappa shape index (κ3) is 2.89. The molecule has 8 heteroatoms. The molecule has 0 saturated heterocycles. The second kappa shape index (κ2) is 5.66. The van der Waals surface area contributed by atoms with E-state index in [2.05, 4.69) is 10.1 Å². The zero-order valence-electron chi connectivity index (χ0n) is 12.5. The van der Waals surface area contributed by atoms with Gasteiger partial charge in [-0.15, -0.1) is 11.3 Å². The summed E-state index contributed by atoms with van der Waals surface area (Å²) in [6, 6.07) is 11.2. The van der Waals surface area contributed by atoms with Crippen molar-refractivity contribution in [1.82, 2.24) is 14.6 Å². The summed E-state index contributed by atoms with van der Waals surface area (Å²) in [6.07, 6.45) is -4.60. The maximum Gasteiger partial charge on any atom is 0.433 e. The Bertz CT molecular complexity index is 1030. The molecule has 4 aromatic rings. The average Bonchev–Trinajstić information content (AvgIpc) is 3.22. The molecule has 0 amide bonds. The van der Waals surface area contributed by atoms with Crippen LogP contribution < -0.4 is 0 Å². The van der Waals surface area contributed by atoms with Gasteiger partial charge in [0.15, 0.2) is 11.3 Å². The van der Waals surface area contributed by atoms with Crippen LogP contribution in [0.1, 0.15) is 5.69 Å². The first-order valence-corrected chi connectivity index (χ1v) is 8.07. The van der Waals surface area contributed by atoms with Gasteiger partial charge in [0.1, 0.15) is 11.5 Å². The molecule has 0 fully saturated rings. The lowest BCUT2D eigenvalue weighted by molar-refractivity contribution is -0.142. The van der Waals surface area contributed by atoms with Crippen molar-refractivity contribution in [3.63, 3.8) is 0 Å². The third-order valence-electron chi connectivity index (χ3n) is 3.63. The number of halogens is 4. The Kier molecular flexibility index (Phi) is 3.57. The van der Waals surface area contributed by atoms with Gasteiger partial charge in [-0.3, -0.25) is 0 Å². The molecule has 0 bridgehead atoms. The quantitative estimate of drug-likeness (QED) is 0.454. The molecule has 0 N–H and O–H groups in total. The fraction of sp³-hybridized carbons (Fsp3) is 0.0588. The Morgan fingerprint density at radius 2 is 1.72 bits per heavy atom. The predicted octanol–water partition coefficient (Wildman–Crippen LogP) is 5.28. The summed E-state index contributed by atoms with van der Waals surface area (Å²) < 4.78 is 54.3. The topological polar surface area (TPSA) is 30.2 Å². The van der Waals surface area contributed by atoms with E-state index >= 15 is 0 Å². The number of benzene rings is 1. The van der Waals surface area contributed by atoms with Crippen LogP contribution in [-0.2, 0) is 6.18 Å². The van der Waals surface area contributed by atoms with Crippen molar-refractivity contribution in [3.8, 4) is 21.8 Å². The van der Waals surface area contributed by atoms with E-state index in [1.54, 1.807) is 12.1 Å². The molecule has 0 radical (unpaired) electrons. The van der Waals surface area contributed by atoms with Crippen LogP contribution in [0, 0.1) is 5.82 Å². The molecular weight excluding hydrogens is 354 g/mol. The minimum atomic E-state index is -4.60. The fourth-order valence-electron chi connectivity index (χ4n) is 2.49. The van der Waals surface area contributed by atoms with Crippen molar-refractivity contribution >= 4 is 17.0 Å². The molecule has 0 spiro atoms. The first-order chi connectivity index (χ1) is 11.9. The second-order valence-electron chi connectivity index (χ2n) is 5.31. The van der Waals surface area contributed by atoms with Gasteiger partial charge in [0.25, 0.3) is 0 Å². The first-order valence-electron chi connectivity index (χ1n) is 7.20. The summed E-state index contributed by atoms with van der Waals surface area (Å²) in [4.78, 5) is 5.01. The molecule has 0 aliphatic carbocycles. The molecule has 3 aromatic heterocycles. The monoisotopic (exact) mass is 363 g/mol. The lowest BCUT2D eigenvalue weighted by atomic mass is 10.1. The summed E-state index contributed by atoms with van der Waals surface area (Å²) in [5.41, 5.74) is 0.0761. The van der Waals surface area contributed by atoms with Crippen LogP contribution in [0.15, 0.2) is 53.9 Å². The summed E-state index contributed by atoms with van der Waals surface area (Å²) in [5, 5.41) is 5.88. The van der Waals surface area contributed by atoms with Crippen molar-refractivity contribution in [2.24, 2.45) is 0 Å². The third-order valence-corrected chi connectivity index (χ3v) is 4.52. The smallest absolute Gasteiger partial charge is 0.228 e. The van der Waals surface area contributed by atoms with E-state index in [1.807, 2.05) is 5.38 Å². The zero-order valence-corrected chi connectivity index (χ0v) is 13.3. The van der Waals surface area contributed by atoms with Crippen molar-refractivity contribution < 1.29 is 17.6 Å². The van der Waals surface area contributed by atoms with Gasteiger partial charge in [0.2, 0.25) is 0 Å². The van der Waals surface area contributed by atoms with Crippen molar-refractivity contribution in [2.75, 3.05) is 0 Å². The molecule has 25 heavy (non-hydrogen) atoms. The highest BCUT2D eigenvalue weighted by Crippen LogP contribution is 2.34. The van der Waals surface area contributed by atoms with Gasteiger partial charge in [-0.2, -0.15) is 18.3 Å². The summed E-state index contributed by atoms with van der Waals surface area (Å²) in [5.74, 6) is -0.467. The number of nitrogens with zero attached hydrogens (tertiary/aromatic N) is 3. The molecule has 126 valence electrons. The molecule has 0 aliphatic heterocycles. The summed E-state index contributed by atoms with van der Waals surface area (Å²) in [6.45, 7) is 0. The SMILES string of the molecule is Fc1ccc(-c2cc(C(F)(F)F)n3nc(-c4cccs4)cc3n2)cc1. The van der Waals surface area contributed by atoms with Crippen LogP contribution in [0.3, 0.4) is 0 Å². The Morgan fingerprint density at radius 1 is 0.960 bits per heavy atom. The lowest BCUT2D eigenvalue weighted by Crippen LogP contribution is -2.13. The van der Waals surface area contributed by atoms with Crippen LogP contribution in [0.4, 0.5) is 17.6 Å². The zero-order chi connectivity index (χ0) is 17.6.